The molecule has 2 rings (SSSR count). The number of aliphatic carboxylic acids is 1. The van der Waals surface area contributed by atoms with E-state index in [0.29, 0.717) is 24.0 Å². The fourth-order valence-electron chi connectivity index (χ4n) is 2.82. The van der Waals surface area contributed by atoms with Crippen molar-refractivity contribution in [2.24, 2.45) is 5.92 Å². The van der Waals surface area contributed by atoms with Gasteiger partial charge in [0.1, 0.15) is 5.56 Å². The number of piperidine rings is 1. The first-order chi connectivity index (χ1) is 10.9. The van der Waals surface area contributed by atoms with Gasteiger partial charge in [0, 0.05) is 30.0 Å². The van der Waals surface area contributed by atoms with Crippen molar-refractivity contribution in [3.8, 4) is 0 Å². The predicted molar refractivity (Wildman–Crippen MR) is 86.3 cm³/mol. The third-order valence-electron chi connectivity index (χ3n) is 3.96. The van der Waals surface area contributed by atoms with Gasteiger partial charge in [-0.25, -0.2) is 0 Å². The smallest absolute Gasteiger partial charge is 0.303 e. The Morgan fingerprint density at radius 2 is 2.17 bits per heavy atom. The number of carboxylic acids is 1. The van der Waals surface area contributed by atoms with Crippen LogP contribution in [0.15, 0.2) is 22.7 Å². The molecule has 0 bridgehead atoms. The Morgan fingerprint density at radius 1 is 1.43 bits per heavy atom. The molecule has 1 aliphatic heterocycles. The molecule has 0 saturated carbocycles. The summed E-state index contributed by atoms with van der Waals surface area (Å²) in [4.78, 5) is 35.5. The van der Waals surface area contributed by atoms with Crippen molar-refractivity contribution in [3.05, 3.63) is 38.3 Å². The number of nitro groups is 1. The normalized spacial score (nSPS) is 17.8. The van der Waals surface area contributed by atoms with E-state index in [4.69, 9.17) is 5.11 Å². The van der Waals surface area contributed by atoms with Crippen LogP contribution in [0.5, 0.6) is 0 Å². The lowest BCUT2D eigenvalue weighted by molar-refractivity contribution is -0.385. The number of carbonyl (C=O) groups is 2. The van der Waals surface area contributed by atoms with Crippen LogP contribution in [0, 0.1) is 16.0 Å². The lowest BCUT2D eigenvalue weighted by Gasteiger charge is -2.32. The minimum absolute atomic E-state index is 0.0667. The molecular formula is C15H17BrN2O5. The van der Waals surface area contributed by atoms with Gasteiger partial charge in [-0.15, -0.1) is 0 Å². The summed E-state index contributed by atoms with van der Waals surface area (Å²) < 4.78 is 0.540. The van der Waals surface area contributed by atoms with Crippen molar-refractivity contribution in [2.75, 3.05) is 13.1 Å². The summed E-state index contributed by atoms with van der Waals surface area (Å²) in [5, 5.41) is 19.9. The van der Waals surface area contributed by atoms with Gasteiger partial charge in [-0.3, -0.25) is 19.7 Å². The number of rotatable bonds is 5. The van der Waals surface area contributed by atoms with Gasteiger partial charge < -0.3 is 10.0 Å². The SMILES string of the molecule is O=C(O)CCC1CCCN(C(=O)c2ccc(Br)cc2[N+](=O)[O-])C1. The van der Waals surface area contributed by atoms with E-state index >= 15 is 0 Å². The molecule has 1 aliphatic rings. The molecule has 0 spiro atoms. The van der Waals surface area contributed by atoms with Crippen molar-refractivity contribution in [1.82, 2.24) is 4.90 Å². The molecule has 124 valence electrons. The minimum Gasteiger partial charge on any atom is -0.481 e. The van der Waals surface area contributed by atoms with Crippen molar-refractivity contribution in [3.63, 3.8) is 0 Å². The second kappa shape index (κ2) is 7.54. The molecule has 23 heavy (non-hydrogen) atoms. The third kappa shape index (κ3) is 4.51. The second-order valence-corrected chi connectivity index (χ2v) is 6.53. The van der Waals surface area contributed by atoms with Crippen LogP contribution in [-0.4, -0.2) is 39.9 Å². The Balaban J connectivity index is 2.13. The number of benzene rings is 1. The number of amides is 1. The number of halogens is 1. The molecule has 8 heteroatoms. The fraction of sp³-hybridized carbons (Fsp3) is 0.467. The summed E-state index contributed by atoms with van der Waals surface area (Å²) in [6.45, 7) is 0.981. The van der Waals surface area contributed by atoms with E-state index in [0.717, 1.165) is 12.8 Å². The van der Waals surface area contributed by atoms with E-state index in [1.54, 1.807) is 11.0 Å². The van der Waals surface area contributed by atoms with Gasteiger partial charge in [-0.2, -0.15) is 0 Å². The van der Waals surface area contributed by atoms with E-state index in [9.17, 15) is 19.7 Å². The van der Waals surface area contributed by atoms with Crippen LogP contribution in [0.1, 0.15) is 36.0 Å². The van der Waals surface area contributed by atoms with E-state index in [1.807, 2.05) is 0 Å². The highest BCUT2D eigenvalue weighted by atomic mass is 79.9. The molecule has 1 fully saturated rings. The van der Waals surface area contributed by atoms with E-state index in [2.05, 4.69) is 15.9 Å². The summed E-state index contributed by atoms with van der Waals surface area (Å²) >= 11 is 3.17. The van der Waals surface area contributed by atoms with Gasteiger partial charge in [-0.05, 0) is 37.3 Å². The quantitative estimate of drug-likeness (QED) is 0.620. The van der Waals surface area contributed by atoms with Gasteiger partial charge in [0.05, 0.1) is 4.92 Å². The highest BCUT2D eigenvalue weighted by Crippen LogP contribution is 2.27. The minimum atomic E-state index is -0.850. The fourth-order valence-corrected chi connectivity index (χ4v) is 3.17. The average molecular weight is 385 g/mol. The molecule has 0 radical (unpaired) electrons. The third-order valence-corrected chi connectivity index (χ3v) is 4.45. The maximum Gasteiger partial charge on any atom is 0.303 e. The van der Waals surface area contributed by atoms with E-state index < -0.39 is 10.9 Å². The lowest BCUT2D eigenvalue weighted by atomic mass is 9.93. The number of likely N-dealkylation sites (tertiary alicyclic amines) is 1. The van der Waals surface area contributed by atoms with Gasteiger partial charge in [0.15, 0.2) is 0 Å². The second-order valence-electron chi connectivity index (χ2n) is 5.61. The van der Waals surface area contributed by atoms with Crippen LogP contribution < -0.4 is 0 Å². The zero-order valence-electron chi connectivity index (χ0n) is 12.4. The largest absolute Gasteiger partial charge is 0.481 e. The summed E-state index contributed by atoms with van der Waals surface area (Å²) in [6.07, 6.45) is 2.24. The Hall–Kier alpha value is -1.96. The highest BCUT2D eigenvalue weighted by molar-refractivity contribution is 9.10. The predicted octanol–water partition coefficient (Wildman–Crippen LogP) is 3.07. The Morgan fingerprint density at radius 3 is 2.83 bits per heavy atom. The van der Waals surface area contributed by atoms with E-state index in [1.165, 1.54) is 12.1 Å². The maximum absolute atomic E-state index is 12.6. The van der Waals surface area contributed by atoms with Crippen LogP contribution >= 0.6 is 15.9 Å². The molecule has 1 atom stereocenters. The molecular weight excluding hydrogens is 368 g/mol. The number of nitrogens with zero attached hydrogens (tertiary/aromatic N) is 2. The van der Waals surface area contributed by atoms with Crippen LogP contribution in [-0.2, 0) is 4.79 Å². The number of hydrogen-bond donors (Lipinski definition) is 1. The summed E-state index contributed by atoms with van der Waals surface area (Å²) in [6, 6.07) is 4.37. The first kappa shape index (κ1) is 17.4. The molecule has 1 aromatic carbocycles. The molecule has 1 unspecified atom stereocenters. The van der Waals surface area contributed by atoms with Gasteiger partial charge in [-0.1, -0.05) is 15.9 Å². The Labute approximate surface area is 141 Å². The van der Waals surface area contributed by atoms with Crippen LogP contribution in [0.25, 0.3) is 0 Å². The molecule has 1 amide bonds. The standard InChI is InChI=1S/C15H17BrN2O5/c16-11-4-5-12(13(8-11)18(22)23)15(21)17-7-1-2-10(9-17)3-6-14(19)20/h4-5,8,10H,1-3,6-7,9H2,(H,19,20). The van der Waals surface area contributed by atoms with Gasteiger partial charge in [0.2, 0.25) is 0 Å². The molecule has 1 saturated heterocycles. The topological polar surface area (TPSA) is 101 Å². The number of nitro benzene ring substituents is 1. The summed E-state index contributed by atoms with van der Waals surface area (Å²) in [5.74, 6) is -1.10. The van der Waals surface area contributed by atoms with Crippen molar-refractivity contribution >= 4 is 33.5 Å². The Bertz CT molecular complexity index is 634. The van der Waals surface area contributed by atoms with Crippen molar-refractivity contribution in [2.45, 2.75) is 25.7 Å². The molecule has 1 heterocycles. The van der Waals surface area contributed by atoms with Crippen LogP contribution in [0.2, 0.25) is 0 Å². The molecule has 1 N–H and O–H groups in total. The summed E-state index contributed by atoms with van der Waals surface area (Å²) in [7, 11) is 0. The van der Waals surface area contributed by atoms with Gasteiger partial charge >= 0.3 is 5.97 Å². The van der Waals surface area contributed by atoms with Gasteiger partial charge in [0.25, 0.3) is 11.6 Å². The first-order valence-electron chi connectivity index (χ1n) is 7.33. The van der Waals surface area contributed by atoms with Crippen molar-refractivity contribution < 1.29 is 19.6 Å². The molecule has 7 nitrogen and oxygen atoms in total. The lowest BCUT2D eigenvalue weighted by Crippen LogP contribution is -2.40. The Kier molecular flexibility index (Phi) is 5.70. The van der Waals surface area contributed by atoms with E-state index in [-0.39, 0.29) is 29.5 Å². The van der Waals surface area contributed by atoms with Crippen molar-refractivity contribution in [1.29, 1.82) is 0 Å². The zero-order valence-corrected chi connectivity index (χ0v) is 14.0. The number of carboxylic acid groups (broad SMARTS) is 1. The van der Waals surface area contributed by atoms with Crippen LogP contribution in [0.4, 0.5) is 5.69 Å². The highest BCUT2D eigenvalue weighted by Gasteiger charge is 2.29. The maximum atomic E-state index is 12.6. The number of carbonyl (C=O) groups excluding carboxylic acids is 1. The van der Waals surface area contributed by atoms with Crippen LogP contribution in [0.3, 0.4) is 0 Å². The monoisotopic (exact) mass is 384 g/mol. The summed E-state index contributed by atoms with van der Waals surface area (Å²) in [5.41, 5.74) is -0.158. The molecule has 1 aromatic rings. The molecule has 0 aliphatic carbocycles. The first-order valence-corrected chi connectivity index (χ1v) is 8.12. The number of hydrogen-bond acceptors (Lipinski definition) is 4. The molecule has 0 aromatic heterocycles. The zero-order chi connectivity index (χ0) is 17.0. The average Bonchev–Trinajstić information content (AvgIpc) is 2.52.